The number of halogens is 1. The number of aliphatic hydroxyl groups is 1. The van der Waals surface area contributed by atoms with Gasteiger partial charge in [-0.3, -0.25) is 4.90 Å². The maximum Gasteiger partial charge on any atom is 0.123 e. The first kappa shape index (κ1) is 12.5. The van der Waals surface area contributed by atoms with Gasteiger partial charge in [-0.2, -0.15) is 0 Å². The fourth-order valence-electron chi connectivity index (χ4n) is 2.48. The van der Waals surface area contributed by atoms with Gasteiger partial charge in [0.2, 0.25) is 0 Å². The molecule has 0 saturated carbocycles. The van der Waals surface area contributed by atoms with Crippen molar-refractivity contribution >= 4 is 0 Å². The van der Waals surface area contributed by atoms with Crippen LogP contribution in [0.2, 0.25) is 0 Å². The fraction of sp³-hybridized carbons (Fsp3) is 0.571. The summed E-state index contributed by atoms with van der Waals surface area (Å²) in [5.41, 5.74) is 1.16. The largest absolute Gasteiger partial charge is 0.395 e. The summed E-state index contributed by atoms with van der Waals surface area (Å²) in [4.78, 5) is 2.35. The Bertz CT molecular complexity index is 339. The fourth-order valence-corrected chi connectivity index (χ4v) is 2.48. The molecule has 2 nitrogen and oxygen atoms in total. The van der Waals surface area contributed by atoms with E-state index in [0.717, 1.165) is 31.5 Å². The number of aliphatic hydroxyl groups excluding tert-OH is 1. The Hall–Kier alpha value is -0.930. The van der Waals surface area contributed by atoms with Crippen molar-refractivity contribution in [2.24, 2.45) is 0 Å². The number of hydrogen-bond acceptors (Lipinski definition) is 2. The zero-order valence-electron chi connectivity index (χ0n) is 10.1. The van der Waals surface area contributed by atoms with E-state index >= 15 is 0 Å². The molecule has 1 fully saturated rings. The van der Waals surface area contributed by atoms with Crippen LogP contribution in [0.15, 0.2) is 24.3 Å². The van der Waals surface area contributed by atoms with Crippen molar-refractivity contribution in [1.29, 1.82) is 0 Å². The van der Waals surface area contributed by atoms with Crippen LogP contribution >= 0.6 is 0 Å². The second-order valence-corrected chi connectivity index (χ2v) is 4.74. The molecule has 1 aromatic rings. The van der Waals surface area contributed by atoms with Crippen LogP contribution in [0.3, 0.4) is 0 Å². The molecule has 0 aliphatic carbocycles. The predicted molar refractivity (Wildman–Crippen MR) is 66.4 cm³/mol. The number of rotatable bonds is 4. The van der Waals surface area contributed by atoms with E-state index in [1.807, 2.05) is 12.1 Å². The Morgan fingerprint density at radius 2 is 2.00 bits per heavy atom. The Labute approximate surface area is 102 Å². The highest BCUT2D eigenvalue weighted by Crippen LogP contribution is 2.17. The van der Waals surface area contributed by atoms with Crippen LogP contribution < -0.4 is 0 Å². The standard InChI is InChI=1S/C14H20FNO/c15-13-6-4-12(5-7-13)8-10-16-9-2-1-3-14(16)11-17/h4-7,14,17H,1-3,8-11H2. The van der Waals surface area contributed by atoms with Crippen molar-refractivity contribution < 1.29 is 9.50 Å². The predicted octanol–water partition coefficient (Wildman–Crippen LogP) is 2.21. The van der Waals surface area contributed by atoms with E-state index in [1.165, 1.54) is 25.0 Å². The van der Waals surface area contributed by atoms with Gasteiger partial charge in [-0.1, -0.05) is 18.6 Å². The number of benzene rings is 1. The van der Waals surface area contributed by atoms with Crippen LogP contribution in [0, 0.1) is 5.82 Å². The van der Waals surface area contributed by atoms with Gasteiger partial charge in [0.1, 0.15) is 5.82 Å². The van der Waals surface area contributed by atoms with E-state index in [1.54, 1.807) is 0 Å². The quantitative estimate of drug-likeness (QED) is 0.868. The van der Waals surface area contributed by atoms with Crippen LogP contribution in [-0.2, 0) is 6.42 Å². The summed E-state index contributed by atoms with van der Waals surface area (Å²) < 4.78 is 12.8. The van der Waals surface area contributed by atoms with Gasteiger partial charge in [0, 0.05) is 12.6 Å². The average molecular weight is 237 g/mol. The van der Waals surface area contributed by atoms with Crippen molar-refractivity contribution in [3.8, 4) is 0 Å². The molecule has 1 saturated heterocycles. The van der Waals surface area contributed by atoms with Gasteiger partial charge < -0.3 is 5.11 Å². The average Bonchev–Trinajstić information content (AvgIpc) is 2.38. The molecule has 0 radical (unpaired) electrons. The molecule has 0 bridgehead atoms. The Balaban J connectivity index is 1.86. The SMILES string of the molecule is OCC1CCCCN1CCc1ccc(F)cc1. The van der Waals surface area contributed by atoms with Crippen molar-refractivity contribution in [3.05, 3.63) is 35.6 Å². The van der Waals surface area contributed by atoms with Crippen LogP contribution in [-0.4, -0.2) is 35.7 Å². The molecule has 94 valence electrons. The summed E-state index contributed by atoms with van der Waals surface area (Å²) in [7, 11) is 0. The van der Waals surface area contributed by atoms with Crippen LogP contribution in [0.4, 0.5) is 4.39 Å². The summed E-state index contributed by atoms with van der Waals surface area (Å²) in [6.45, 7) is 2.28. The Morgan fingerprint density at radius 1 is 1.24 bits per heavy atom. The monoisotopic (exact) mass is 237 g/mol. The number of likely N-dealkylation sites (tertiary alicyclic amines) is 1. The summed E-state index contributed by atoms with van der Waals surface area (Å²) in [6, 6.07) is 7.02. The lowest BCUT2D eigenvalue weighted by Gasteiger charge is -2.34. The molecule has 17 heavy (non-hydrogen) atoms. The molecule has 1 atom stereocenters. The minimum Gasteiger partial charge on any atom is -0.395 e. The summed E-state index contributed by atoms with van der Waals surface area (Å²) >= 11 is 0. The highest BCUT2D eigenvalue weighted by atomic mass is 19.1. The zero-order valence-corrected chi connectivity index (χ0v) is 10.1. The van der Waals surface area contributed by atoms with E-state index in [-0.39, 0.29) is 12.4 Å². The topological polar surface area (TPSA) is 23.5 Å². The lowest BCUT2D eigenvalue weighted by atomic mass is 10.0. The Kier molecular flexibility index (Phi) is 4.51. The van der Waals surface area contributed by atoms with Gasteiger partial charge in [-0.25, -0.2) is 4.39 Å². The zero-order chi connectivity index (χ0) is 12.1. The molecular formula is C14H20FNO. The van der Waals surface area contributed by atoms with Crippen molar-refractivity contribution in [2.75, 3.05) is 19.7 Å². The molecule has 1 aliphatic heterocycles. The van der Waals surface area contributed by atoms with Gasteiger partial charge in [0.05, 0.1) is 6.61 Å². The molecule has 3 heteroatoms. The third-order valence-electron chi connectivity index (χ3n) is 3.56. The first-order chi connectivity index (χ1) is 8.29. The number of hydrogen-bond donors (Lipinski definition) is 1. The summed E-state index contributed by atoms with van der Waals surface area (Å²) in [5, 5.41) is 9.30. The lowest BCUT2D eigenvalue weighted by molar-refractivity contribution is 0.0913. The smallest absolute Gasteiger partial charge is 0.123 e. The van der Waals surface area contributed by atoms with E-state index in [9.17, 15) is 9.50 Å². The maximum absolute atomic E-state index is 12.8. The molecule has 0 aromatic heterocycles. The molecule has 1 heterocycles. The number of piperidine rings is 1. The van der Waals surface area contributed by atoms with Gasteiger partial charge >= 0.3 is 0 Å². The van der Waals surface area contributed by atoms with Gasteiger partial charge in [-0.15, -0.1) is 0 Å². The van der Waals surface area contributed by atoms with E-state index in [0.29, 0.717) is 6.04 Å². The van der Waals surface area contributed by atoms with Gasteiger partial charge in [0.25, 0.3) is 0 Å². The van der Waals surface area contributed by atoms with Gasteiger partial charge in [0.15, 0.2) is 0 Å². The molecule has 1 aliphatic rings. The first-order valence-electron chi connectivity index (χ1n) is 6.39. The molecule has 1 unspecified atom stereocenters. The van der Waals surface area contributed by atoms with Crippen molar-refractivity contribution in [3.63, 3.8) is 0 Å². The van der Waals surface area contributed by atoms with E-state index in [2.05, 4.69) is 4.90 Å². The molecule has 1 aromatic carbocycles. The Morgan fingerprint density at radius 3 is 2.71 bits per heavy atom. The normalized spacial score (nSPS) is 21.6. The minimum absolute atomic E-state index is 0.181. The van der Waals surface area contributed by atoms with Crippen molar-refractivity contribution in [2.45, 2.75) is 31.7 Å². The van der Waals surface area contributed by atoms with Crippen molar-refractivity contribution in [1.82, 2.24) is 4.90 Å². The maximum atomic E-state index is 12.8. The third-order valence-corrected chi connectivity index (χ3v) is 3.56. The first-order valence-corrected chi connectivity index (χ1v) is 6.39. The third kappa shape index (κ3) is 3.51. The van der Waals surface area contributed by atoms with Gasteiger partial charge in [-0.05, 0) is 43.5 Å². The lowest BCUT2D eigenvalue weighted by Crippen LogP contribution is -2.42. The second-order valence-electron chi connectivity index (χ2n) is 4.74. The summed E-state index contributed by atoms with van der Waals surface area (Å²) in [5.74, 6) is -0.181. The highest BCUT2D eigenvalue weighted by molar-refractivity contribution is 5.16. The second kappa shape index (κ2) is 6.12. The molecule has 0 amide bonds. The number of nitrogens with zero attached hydrogens (tertiary/aromatic N) is 1. The van der Waals surface area contributed by atoms with Crippen LogP contribution in [0.1, 0.15) is 24.8 Å². The molecule has 2 rings (SSSR count). The highest BCUT2D eigenvalue weighted by Gasteiger charge is 2.20. The minimum atomic E-state index is -0.181. The van der Waals surface area contributed by atoms with E-state index < -0.39 is 0 Å². The molecule has 0 spiro atoms. The van der Waals surface area contributed by atoms with Crippen LogP contribution in [0.5, 0.6) is 0 Å². The summed E-state index contributed by atoms with van der Waals surface area (Å²) in [6.07, 6.45) is 4.47. The van der Waals surface area contributed by atoms with Crippen LogP contribution in [0.25, 0.3) is 0 Å². The molecule has 1 N–H and O–H groups in total. The molecular weight excluding hydrogens is 217 g/mol. The van der Waals surface area contributed by atoms with E-state index in [4.69, 9.17) is 0 Å².